The molecule has 0 bridgehead atoms. The topological polar surface area (TPSA) is 59.0 Å². The van der Waals surface area contributed by atoms with E-state index < -0.39 is 0 Å². The van der Waals surface area contributed by atoms with Gasteiger partial charge in [0.05, 0.1) is 18.3 Å². The number of rotatable bonds is 3. The Morgan fingerprint density at radius 1 is 1.50 bits per heavy atom. The number of hydrogen-bond acceptors (Lipinski definition) is 3. The van der Waals surface area contributed by atoms with Crippen LogP contribution in [0.3, 0.4) is 0 Å². The second-order valence-electron chi connectivity index (χ2n) is 5.77. The largest absolute Gasteiger partial charge is 0.349 e. The van der Waals surface area contributed by atoms with Crippen molar-refractivity contribution >= 4 is 18.3 Å². The van der Waals surface area contributed by atoms with Crippen LogP contribution in [-0.2, 0) is 18.4 Å². The van der Waals surface area contributed by atoms with Crippen LogP contribution in [0.25, 0.3) is 0 Å². The summed E-state index contributed by atoms with van der Waals surface area (Å²) >= 11 is 0. The van der Waals surface area contributed by atoms with E-state index in [0.717, 1.165) is 12.1 Å². The Labute approximate surface area is 125 Å². The van der Waals surface area contributed by atoms with Gasteiger partial charge in [-0.3, -0.25) is 9.48 Å². The quantitative estimate of drug-likeness (QED) is 0.886. The maximum absolute atomic E-state index is 12.2. The third-order valence-corrected chi connectivity index (χ3v) is 4.55. The minimum Gasteiger partial charge on any atom is -0.349 e. The molecule has 2 fully saturated rings. The van der Waals surface area contributed by atoms with Crippen LogP contribution in [0.15, 0.2) is 12.3 Å². The highest BCUT2D eigenvalue weighted by Crippen LogP contribution is 2.33. The van der Waals surface area contributed by atoms with Crippen LogP contribution in [0.1, 0.15) is 37.8 Å². The molecule has 1 amide bonds. The van der Waals surface area contributed by atoms with Gasteiger partial charge in [0.15, 0.2) is 0 Å². The Bertz CT molecular complexity index is 448. The Kier molecular flexibility index (Phi) is 5.05. The summed E-state index contributed by atoms with van der Waals surface area (Å²) in [4.78, 5) is 12.2. The molecular formula is C14H23ClN4O. The van der Waals surface area contributed by atoms with Gasteiger partial charge in [0, 0.05) is 19.3 Å². The molecule has 3 atom stereocenters. The third kappa shape index (κ3) is 3.15. The zero-order valence-corrected chi connectivity index (χ0v) is 12.7. The van der Waals surface area contributed by atoms with Gasteiger partial charge in [-0.05, 0) is 31.2 Å². The molecule has 1 saturated carbocycles. The second kappa shape index (κ2) is 6.59. The first-order valence-electron chi connectivity index (χ1n) is 7.24. The molecule has 1 aliphatic carbocycles. The highest BCUT2D eigenvalue weighted by molar-refractivity contribution is 5.85. The fourth-order valence-electron chi connectivity index (χ4n) is 3.40. The predicted octanol–water partition coefficient (Wildman–Crippen LogP) is 1.38. The van der Waals surface area contributed by atoms with Crippen molar-refractivity contribution in [2.45, 2.75) is 50.7 Å². The molecule has 3 rings (SSSR count). The average molecular weight is 299 g/mol. The molecule has 0 aromatic carbocycles. The number of amides is 1. The van der Waals surface area contributed by atoms with Crippen molar-refractivity contribution in [1.82, 2.24) is 20.4 Å². The van der Waals surface area contributed by atoms with E-state index in [4.69, 9.17) is 0 Å². The molecule has 3 unspecified atom stereocenters. The SMILES string of the molecule is Cl.Cn1nccc1CNC(=O)C1CC2CCCCC2N1. The number of nitrogens with one attached hydrogen (secondary N) is 2. The zero-order valence-electron chi connectivity index (χ0n) is 11.8. The molecule has 2 heterocycles. The van der Waals surface area contributed by atoms with Gasteiger partial charge in [0.25, 0.3) is 0 Å². The van der Waals surface area contributed by atoms with E-state index in [2.05, 4.69) is 15.7 Å². The third-order valence-electron chi connectivity index (χ3n) is 4.55. The lowest BCUT2D eigenvalue weighted by Gasteiger charge is -2.24. The molecule has 5 nitrogen and oxygen atoms in total. The fraction of sp³-hybridized carbons (Fsp3) is 0.714. The Balaban J connectivity index is 0.00000147. The van der Waals surface area contributed by atoms with Gasteiger partial charge in [-0.1, -0.05) is 12.8 Å². The van der Waals surface area contributed by atoms with Gasteiger partial charge < -0.3 is 10.6 Å². The highest BCUT2D eigenvalue weighted by atomic mass is 35.5. The van der Waals surface area contributed by atoms with Crippen molar-refractivity contribution < 1.29 is 4.79 Å². The minimum atomic E-state index is 0. The van der Waals surface area contributed by atoms with Crippen molar-refractivity contribution in [2.24, 2.45) is 13.0 Å². The van der Waals surface area contributed by atoms with Crippen LogP contribution < -0.4 is 10.6 Å². The smallest absolute Gasteiger partial charge is 0.237 e. The molecule has 112 valence electrons. The van der Waals surface area contributed by atoms with Crippen molar-refractivity contribution in [1.29, 1.82) is 0 Å². The first-order chi connectivity index (χ1) is 9.24. The van der Waals surface area contributed by atoms with Crippen LogP contribution in [0.2, 0.25) is 0 Å². The van der Waals surface area contributed by atoms with Crippen LogP contribution in [0, 0.1) is 5.92 Å². The summed E-state index contributed by atoms with van der Waals surface area (Å²) in [6, 6.07) is 2.50. The number of nitrogens with zero attached hydrogens (tertiary/aromatic N) is 2. The molecule has 1 aromatic heterocycles. The summed E-state index contributed by atoms with van der Waals surface area (Å²) in [5, 5.41) is 10.6. The molecule has 20 heavy (non-hydrogen) atoms. The monoisotopic (exact) mass is 298 g/mol. The summed E-state index contributed by atoms with van der Waals surface area (Å²) in [5.74, 6) is 0.844. The van der Waals surface area contributed by atoms with Crippen molar-refractivity contribution in [3.63, 3.8) is 0 Å². The van der Waals surface area contributed by atoms with Crippen molar-refractivity contribution in [2.75, 3.05) is 0 Å². The van der Waals surface area contributed by atoms with Gasteiger partial charge >= 0.3 is 0 Å². The Morgan fingerprint density at radius 2 is 2.30 bits per heavy atom. The number of halogens is 1. The lowest BCUT2D eigenvalue weighted by atomic mass is 9.85. The van der Waals surface area contributed by atoms with E-state index in [0.29, 0.717) is 18.5 Å². The van der Waals surface area contributed by atoms with E-state index in [-0.39, 0.29) is 24.4 Å². The van der Waals surface area contributed by atoms with Crippen molar-refractivity contribution in [3.8, 4) is 0 Å². The Morgan fingerprint density at radius 3 is 3.00 bits per heavy atom. The average Bonchev–Trinajstić information content (AvgIpc) is 3.01. The predicted molar refractivity (Wildman–Crippen MR) is 79.6 cm³/mol. The molecule has 2 N–H and O–H groups in total. The van der Waals surface area contributed by atoms with E-state index in [1.54, 1.807) is 10.9 Å². The molecule has 1 saturated heterocycles. The minimum absolute atomic E-state index is 0. The van der Waals surface area contributed by atoms with Gasteiger partial charge in [-0.15, -0.1) is 12.4 Å². The number of aromatic nitrogens is 2. The molecule has 1 aliphatic heterocycles. The lowest BCUT2D eigenvalue weighted by Crippen LogP contribution is -2.43. The Hall–Kier alpha value is -1.07. The number of aryl methyl sites for hydroxylation is 1. The molecule has 0 radical (unpaired) electrons. The highest BCUT2D eigenvalue weighted by Gasteiger charge is 2.37. The number of carbonyl (C=O) groups is 1. The van der Waals surface area contributed by atoms with Crippen LogP contribution in [-0.4, -0.2) is 27.8 Å². The molecule has 2 aliphatic rings. The van der Waals surface area contributed by atoms with Gasteiger partial charge in [-0.2, -0.15) is 5.10 Å². The zero-order chi connectivity index (χ0) is 13.2. The first kappa shape index (κ1) is 15.3. The molecular weight excluding hydrogens is 276 g/mol. The fourth-order valence-corrected chi connectivity index (χ4v) is 3.40. The van der Waals surface area contributed by atoms with Gasteiger partial charge in [-0.25, -0.2) is 0 Å². The van der Waals surface area contributed by atoms with Crippen LogP contribution in [0.4, 0.5) is 0 Å². The normalized spacial score (nSPS) is 28.6. The maximum atomic E-state index is 12.2. The summed E-state index contributed by atoms with van der Waals surface area (Å²) < 4.78 is 1.79. The summed E-state index contributed by atoms with van der Waals surface area (Å²) in [7, 11) is 1.89. The standard InChI is InChI=1S/C14H22N4O.ClH/c1-18-11(6-7-16-18)9-15-14(19)13-8-10-4-2-3-5-12(10)17-13;/h6-7,10,12-13,17H,2-5,8-9H2,1H3,(H,15,19);1H. The number of hydrogen-bond donors (Lipinski definition) is 2. The van der Waals surface area contributed by atoms with Crippen LogP contribution >= 0.6 is 12.4 Å². The van der Waals surface area contributed by atoms with E-state index in [1.807, 2.05) is 13.1 Å². The van der Waals surface area contributed by atoms with Gasteiger partial charge in [0.2, 0.25) is 5.91 Å². The van der Waals surface area contributed by atoms with E-state index >= 15 is 0 Å². The first-order valence-corrected chi connectivity index (χ1v) is 7.24. The second-order valence-corrected chi connectivity index (χ2v) is 5.77. The summed E-state index contributed by atoms with van der Waals surface area (Å²) in [6.07, 6.45) is 7.90. The maximum Gasteiger partial charge on any atom is 0.237 e. The number of fused-ring (bicyclic) bond motifs is 1. The molecule has 6 heteroatoms. The van der Waals surface area contributed by atoms with Crippen LogP contribution in [0.5, 0.6) is 0 Å². The van der Waals surface area contributed by atoms with E-state index in [1.165, 1.54) is 25.7 Å². The summed E-state index contributed by atoms with van der Waals surface area (Å²) in [6.45, 7) is 0.558. The number of carbonyl (C=O) groups excluding carboxylic acids is 1. The summed E-state index contributed by atoms with van der Waals surface area (Å²) in [5.41, 5.74) is 1.03. The van der Waals surface area contributed by atoms with Crippen molar-refractivity contribution in [3.05, 3.63) is 18.0 Å². The van der Waals surface area contributed by atoms with Gasteiger partial charge in [0.1, 0.15) is 0 Å². The molecule has 1 aromatic rings. The lowest BCUT2D eigenvalue weighted by molar-refractivity contribution is -0.123. The molecule has 0 spiro atoms. The van der Waals surface area contributed by atoms with E-state index in [9.17, 15) is 4.79 Å².